The van der Waals surface area contributed by atoms with Crippen molar-refractivity contribution in [3.63, 3.8) is 0 Å². The molecule has 2 rings (SSSR count). The molecule has 6 heteroatoms. The lowest BCUT2D eigenvalue weighted by Crippen LogP contribution is -3.00. The van der Waals surface area contributed by atoms with E-state index < -0.39 is 0 Å². The first-order valence-corrected chi connectivity index (χ1v) is 9.43. The molecule has 0 aliphatic heterocycles. The molecule has 27 heavy (non-hydrogen) atoms. The number of aromatic nitrogens is 2. The van der Waals surface area contributed by atoms with Gasteiger partial charge in [-0.2, -0.15) is 0 Å². The second kappa shape index (κ2) is 15.8. The van der Waals surface area contributed by atoms with Gasteiger partial charge >= 0.3 is 0 Å². The zero-order chi connectivity index (χ0) is 17.7. The molecule has 152 valence electrons. The van der Waals surface area contributed by atoms with Crippen molar-refractivity contribution in [1.82, 2.24) is 0 Å². The number of aryl methyl sites for hydroxylation is 3. The summed E-state index contributed by atoms with van der Waals surface area (Å²) in [4.78, 5) is 0. The monoisotopic (exact) mass is 414 g/mol. The van der Waals surface area contributed by atoms with E-state index in [9.17, 15) is 0 Å². The summed E-state index contributed by atoms with van der Waals surface area (Å²) in [5, 5.41) is 0. The standard InChI is InChI=1S/C21H32N2O2.2ClH/c1-3-16-24-18-19-25-17-15-23-13-9-21(10-14-23)6-5-20-7-11-22(4-2)12-8-20;;/h7-14H,3-6,15-19H2,1-2H3;2*1H/q+2;;/p-2. The summed E-state index contributed by atoms with van der Waals surface area (Å²) in [5.74, 6) is 0. The van der Waals surface area contributed by atoms with E-state index in [1.54, 1.807) is 0 Å². The van der Waals surface area contributed by atoms with E-state index in [1.807, 2.05) is 0 Å². The lowest BCUT2D eigenvalue weighted by atomic mass is 10.1. The molecule has 0 N–H and O–H groups in total. The molecular weight excluding hydrogens is 383 g/mol. The molecule has 0 aromatic carbocycles. The average Bonchev–Trinajstić information content (AvgIpc) is 2.67. The third-order valence-electron chi connectivity index (χ3n) is 4.20. The number of rotatable bonds is 12. The van der Waals surface area contributed by atoms with Gasteiger partial charge in [-0.1, -0.05) is 6.92 Å². The molecule has 4 nitrogen and oxygen atoms in total. The van der Waals surface area contributed by atoms with Gasteiger partial charge in [-0.05, 0) is 37.3 Å². The van der Waals surface area contributed by atoms with Gasteiger partial charge < -0.3 is 34.3 Å². The zero-order valence-electron chi connectivity index (χ0n) is 16.4. The van der Waals surface area contributed by atoms with E-state index in [4.69, 9.17) is 9.47 Å². The van der Waals surface area contributed by atoms with Crippen molar-refractivity contribution in [3.8, 4) is 0 Å². The van der Waals surface area contributed by atoms with Crippen LogP contribution in [0.2, 0.25) is 0 Å². The van der Waals surface area contributed by atoms with E-state index in [-0.39, 0.29) is 24.8 Å². The average molecular weight is 415 g/mol. The fourth-order valence-electron chi connectivity index (χ4n) is 2.59. The number of hydrogen-bond acceptors (Lipinski definition) is 2. The van der Waals surface area contributed by atoms with Crippen LogP contribution >= 0.6 is 0 Å². The third kappa shape index (κ3) is 10.6. The van der Waals surface area contributed by atoms with Crippen molar-refractivity contribution < 1.29 is 43.4 Å². The summed E-state index contributed by atoms with van der Waals surface area (Å²) in [5.41, 5.74) is 2.76. The Balaban J connectivity index is 0.00000338. The molecule has 0 aliphatic carbocycles. The van der Waals surface area contributed by atoms with E-state index in [1.165, 1.54) is 11.1 Å². The minimum atomic E-state index is 0. The molecule has 0 unspecified atom stereocenters. The van der Waals surface area contributed by atoms with E-state index >= 15 is 0 Å². The molecule has 0 radical (unpaired) electrons. The van der Waals surface area contributed by atoms with Crippen LogP contribution in [0.4, 0.5) is 0 Å². The maximum atomic E-state index is 5.59. The summed E-state index contributed by atoms with van der Waals surface area (Å²) in [7, 11) is 0. The molecule has 2 aromatic heterocycles. The van der Waals surface area contributed by atoms with Gasteiger partial charge in [-0.15, -0.1) is 0 Å². The quantitative estimate of drug-likeness (QED) is 0.266. The van der Waals surface area contributed by atoms with Crippen LogP contribution in [0.15, 0.2) is 49.1 Å². The summed E-state index contributed by atoms with van der Waals surface area (Å²) < 4.78 is 15.3. The molecule has 2 heterocycles. The van der Waals surface area contributed by atoms with Gasteiger partial charge in [0.05, 0.1) is 13.2 Å². The smallest absolute Gasteiger partial charge is 0.171 e. The van der Waals surface area contributed by atoms with Crippen molar-refractivity contribution in [2.45, 2.75) is 46.2 Å². The first kappa shape index (κ1) is 25.8. The maximum absolute atomic E-state index is 5.59. The highest BCUT2D eigenvalue weighted by atomic mass is 35.5. The van der Waals surface area contributed by atoms with Gasteiger partial charge in [0.2, 0.25) is 0 Å². The third-order valence-corrected chi connectivity index (χ3v) is 4.20. The van der Waals surface area contributed by atoms with Crippen LogP contribution in [0.25, 0.3) is 0 Å². The molecule has 0 fully saturated rings. The van der Waals surface area contributed by atoms with E-state index in [0.717, 1.165) is 45.6 Å². The van der Waals surface area contributed by atoms with Gasteiger partial charge in [0.15, 0.2) is 31.3 Å². The van der Waals surface area contributed by atoms with Crippen molar-refractivity contribution in [1.29, 1.82) is 0 Å². The second-order valence-electron chi connectivity index (χ2n) is 6.21. The van der Waals surface area contributed by atoms with Gasteiger partial charge in [-0.3, -0.25) is 0 Å². The van der Waals surface area contributed by atoms with Gasteiger partial charge in [0, 0.05) is 30.9 Å². The van der Waals surface area contributed by atoms with Crippen molar-refractivity contribution in [2.75, 3.05) is 26.4 Å². The highest BCUT2D eigenvalue weighted by molar-refractivity contribution is 5.13. The number of nitrogens with zero attached hydrogens (tertiary/aromatic N) is 2. The Morgan fingerprint density at radius 2 is 1.15 bits per heavy atom. The van der Waals surface area contributed by atoms with Crippen LogP contribution in [0.1, 0.15) is 31.4 Å². The largest absolute Gasteiger partial charge is 1.00 e. The van der Waals surface area contributed by atoms with Crippen LogP contribution in [0.5, 0.6) is 0 Å². The molecule has 0 atom stereocenters. The van der Waals surface area contributed by atoms with Crippen LogP contribution in [-0.2, 0) is 35.4 Å². The Hall–Kier alpha value is -1.20. The van der Waals surface area contributed by atoms with Gasteiger partial charge in [-0.25, -0.2) is 9.13 Å². The van der Waals surface area contributed by atoms with Gasteiger partial charge in [0.1, 0.15) is 13.2 Å². The van der Waals surface area contributed by atoms with Crippen molar-refractivity contribution >= 4 is 0 Å². The summed E-state index contributed by atoms with van der Waals surface area (Å²) in [6.07, 6.45) is 11.8. The SMILES string of the molecule is CCCOCCOCC[n+]1ccc(CCc2cc[n+](CC)cc2)cc1.[Cl-].[Cl-]. The molecule has 0 saturated carbocycles. The molecule has 0 amide bonds. The Morgan fingerprint density at radius 1 is 0.667 bits per heavy atom. The molecule has 0 saturated heterocycles. The Kier molecular flexibility index (Phi) is 15.1. The fourth-order valence-corrected chi connectivity index (χ4v) is 2.59. The van der Waals surface area contributed by atoms with E-state index in [0.29, 0.717) is 13.2 Å². The topological polar surface area (TPSA) is 26.2 Å². The fraction of sp³-hybridized carbons (Fsp3) is 0.524. The van der Waals surface area contributed by atoms with Crippen LogP contribution in [0, 0.1) is 0 Å². The van der Waals surface area contributed by atoms with E-state index in [2.05, 4.69) is 72.0 Å². The number of hydrogen-bond donors (Lipinski definition) is 0. The second-order valence-corrected chi connectivity index (χ2v) is 6.21. The number of halogens is 2. The Morgan fingerprint density at radius 3 is 1.63 bits per heavy atom. The summed E-state index contributed by atoms with van der Waals surface area (Å²) in [6, 6.07) is 8.85. The molecule has 0 bridgehead atoms. The van der Waals surface area contributed by atoms with Crippen LogP contribution < -0.4 is 33.9 Å². The predicted molar refractivity (Wildman–Crippen MR) is 98.3 cm³/mol. The van der Waals surface area contributed by atoms with Crippen molar-refractivity contribution in [2.24, 2.45) is 0 Å². The normalized spacial score (nSPS) is 10.1. The number of ether oxygens (including phenoxy) is 2. The van der Waals surface area contributed by atoms with Gasteiger partial charge in [0.25, 0.3) is 0 Å². The molecule has 0 aliphatic rings. The van der Waals surface area contributed by atoms with Crippen molar-refractivity contribution in [3.05, 3.63) is 60.2 Å². The zero-order valence-corrected chi connectivity index (χ0v) is 18.0. The lowest BCUT2D eigenvalue weighted by Gasteiger charge is -2.04. The first-order valence-electron chi connectivity index (χ1n) is 9.43. The predicted octanol–water partition coefficient (Wildman–Crippen LogP) is -3.48. The van der Waals surface area contributed by atoms with Crippen LogP contribution in [0.3, 0.4) is 0 Å². The summed E-state index contributed by atoms with van der Waals surface area (Å²) in [6.45, 7) is 9.08. The molecular formula is C21H32Cl2N2O2. The Labute approximate surface area is 176 Å². The van der Waals surface area contributed by atoms with Crippen LogP contribution in [-0.4, -0.2) is 26.4 Å². The highest BCUT2D eigenvalue weighted by Gasteiger charge is 2.03. The minimum absolute atomic E-state index is 0. The lowest BCUT2D eigenvalue weighted by molar-refractivity contribution is -0.698. The first-order chi connectivity index (χ1) is 12.3. The highest BCUT2D eigenvalue weighted by Crippen LogP contribution is 2.04. The maximum Gasteiger partial charge on any atom is 0.171 e. The molecule has 0 spiro atoms. The minimum Gasteiger partial charge on any atom is -1.00 e. The Bertz CT molecular complexity index is 592. The number of pyridine rings is 2. The summed E-state index contributed by atoms with van der Waals surface area (Å²) >= 11 is 0. The molecule has 2 aromatic rings.